The van der Waals surface area contributed by atoms with Gasteiger partial charge in [0, 0.05) is 5.69 Å². The SMILES string of the molecule is COc1ccc(/C=C2/C(=O)N(c3ccccc3)[C@@H](c3ccccc3)S2(=O)=O)cc1. The number of sulfone groups is 1. The quantitative estimate of drug-likeness (QED) is 0.611. The second-order valence-electron chi connectivity index (χ2n) is 6.60. The average molecular weight is 405 g/mol. The van der Waals surface area contributed by atoms with Crippen LogP contribution in [0.5, 0.6) is 5.75 Å². The highest BCUT2D eigenvalue weighted by atomic mass is 32.2. The number of nitrogens with zero attached hydrogens (tertiary/aromatic N) is 1. The Hall–Kier alpha value is -3.38. The smallest absolute Gasteiger partial charge is 0.271 e. The van der Waals surface area contributed by atoms with Crippen molar-refractivity contribution in [2.45, 2.75) is 5.37 Å². The van der Waals surface area contributed by atoms with Gasteiger partial charge in [0.25, 0.3) is 5.91 Å². The molecule has 1 atom stereocenters. The van der Waals surface area contributed by atoms with E-state index in [9.17, 15) is 13.2 Å². The number of hydrogen-bond acceptors (Lipinski definition) is 4. The average Bonchev–Trinajstić information content (AvgIpc) is 2.95. The maximum atomic E-state index is 13.5. The van der Waals surface area contributed by atoms with Crippen LogP contribution in [0.25, 0.3) is 6.08 Å². The molecule has 0 N–H and O–H groups in total. The van der Waals surface area contributed by atoms with E-state index < -0.39 is 21.1 Å². The van der Waals surface area contributed by atoms with E-state index in [-0.39, 0.29) is 4.91 Å². The van der Waals surface area contributed by atoms with Crippen LogP contribution in [0.1, 0.15) is 16.5 Å². The van der Waals surface area contributed by atoms with E-state index in [1.54, 1.807) is 79.9 Å². The zero-order chi connectivity index (χ0) is 20.4. The third kappa shape index (κ3) is 3.43. The van der Waals surface area contributed by atoms with Gasteiger partial charge in [-0.1, -0.05) is 60.7 Å². The van der Waals surface area contributed by atoms with Crippen LogP contribution in [0, 0.1) is 0 Å². The summed E-state index contributed by atoms with van der Waals surface area (Å²) in [5.74, 6) is 0.113. The minimum absolute atomic E-state index is 0.222. The summed E-state index contributed by atoms with van der Waals surface area (Å²) in [6.07, 6.45) is 1.43. The first-order valence-electron chi connectivity index (χ1n) is 9.05. The van der Waals surface area contributed by atoms with E-state index in [1.807, 2.05) is 12.1 Å². The maximum absolute atomic E-state index is 13.5. The molecule has 0 bridgehead atoms. The van der Waals surface area contributed by atoms with Gasteiger partial charge in [-0.25, -0.2) is 8.42 Å². The number of amides is 1. The van der Waals surface area contributed by atoms with E-state index in [2.05, 4.69) is 0 Å². The standard InChI is InChI=1S/C23H19NO4S/c1-28-20-14-12-17(13-15-20)16-21-22(25)24(19-10-6-3-7-11-19)23(29(21,26)27)18-8-4-2-5-9-18/h2-16,23H,1H3/b21-16-/t23-/m1/s1. The van der Waals surface area contributed by atoms with E-state index in [0.29, 0.717) is 22.6 Å². The predicted octanol–water partition coefficient (Wildman–Crippen LogP) is 4.20. The molecule has 0 aromatic heterocycles. The Balaban J connectivity index is 1.87. The number of hydrogen-bond donors (Lipinski definition) is 0. The number of ether oxygens (including phenoxy) is 1. The van der Waals surface area contributed by atoms with Crippen molar-refractivity contribution in [3.63, 3.8) is 0 Å². The Bertz CT molecular complexity index is 1150. The number of methoxy groups -OCH3 is 1. The lowest BCUT2D eigenvalue weighted by atomic mass is 10.1. The van der Waals surface area contributed by atoms with Gasteiger partial charge in [-0.05, 0) is 41.5 Å². The highest BCUT2D eigenvalue weighted by Gasteiger charge is 2.50. The number of carbonyl (C=O) groups excluding carboxylic acids is 1. The van der Waals surface area contributed by atoms with E-state index in [0.717, 1.165) is 0 Å². The molecule has 4 rings (SSSR count). The molecule has 5 nitrogen and oxygen atoms in total. The molecule has 6 heteroatoms. The summed E-state index contributed by atoms with van der Waals surface area (Å²) >= 11 is 0. The van der Waals surface area contributed by atoms with E-state index in [4.69, 9.17) is 4.74 Å². The molecule has 3 aromatic carbocycles. The third-order valence-corrected chi connectivity index (χ3v) is 6.77. The van der Waals surface area contributed by atoms with Gasteiger partial charge in [0.05, 0.1) is 7.11 Å². The summed E-state index contributed by atoms with van der Waals surface area (Å²) in [7, 11) is -2.38. The van der Waals surface area contributed by atoms with Crippen molar-refractivity contribution in [2.24, 2.45) is 0 Å². The number of carbonyl (C=O) groups is 1. The molecule has 1 aliphatic heterocycles. The lowest BCUT2D eigenvalue weighted by Crippen LogP contribution is -2.28. The fourth-order valence-electron chi connectivity index (χ4n) is 3.39. The van der Waals surface area contributed by atoms with Gasteiger partial charge in [-0.15, -0.1) is 0 Å². The first-order chi connectivity index (χ1) is 14.0. The molecule has 0 aliphatic carbocycles. The first-order valence-corrected chi connectivity index (χ1v) is 10.6. The van der Waals surface area contributed by atoms with Gasteiger partial charge in [0.1, 0.15) is 10.7 Å². The fraction of sp³-hybridized carbons (Fsp3) is 0.0870. The third-order valence-electron chi connectivity index (χ3n) is 4.80. The molecule has 1 amide bonds. The zero-order valence-electron chi connectivity index (χ0n) is 15.7. The molecule has 29 heavy (non-hydrogen) atoms. The predicted molar refractivity (Wildman–Crippen MR) is 113 cm³/mol. The van der Waals surface area contributed by atoms with Crippen molar-refractivity contribution in [3.05, 3.63) is 101 Å². The molecule has 1 saturated heterocycles. The fourth-order valence-corrected chi connectivity index (χ4v) is 5.28. The van der Waals surface area contributed by atoms with Crippen LogP contribution in [-0.2, 0) is 14.6 Å². The van der Waals surface area contributed by atoms with Crippen molar-refractivity contribution < 1.29 is 17.9 Å². The molecule has 0 spiro atoms. The van der Waals surface area contributed by atoms with Crippen LogP contribution >= 0.6 is 0 Å². The minimum atomic E-state index is -3.94. The van der Waals surface area contributed by atoms with E-state index in [1.165, 1.54) is 11.0 Å². The van der Waals surface area contributed by atoms with Crippen molar-refractivity contribution in [1.82, 2.24) is 0 Å². The zero-order valence-corrected chi connectivity index (χ0v) is 16.5. The number of para-hydroxylation sites is 1. The van der Waals surface area contributed by atoms with Crippen molar-refractivity contribution in [1.29, 1.82) is 0 Å². The highest BCUT2D eigenvalue weighted by molar-refractivity contribution is 7.97. The van der Waals surface area contributed by atoms with Crippen LogP contribution in [0.3, 0.4) is 0 Å². The summed E-state index contributed by atoms with van der Waals surface area (Å²) in [5, 5.41) is -1.11. The second-order valence-corrected chi connectivity index (χ2v) is 8.58. The minimum Gasteiger partial charge on any atom is -0.497 e. The second kappa shape index (κ2) is 7.56. The molecular weight excluding hydrogens is 386 g/mol. The van der Waals surface area contributed by atoms with Gasteiger partial charge in [-0.3, -0.25) is 9.69 Å². The number of anilines is 1. The molecule has 1 aliphatic rings. The van der Waals surface area contributed by atoms with Gasteiger partial charge < -0.3 is 4.74 Å². The lowest BCUT2D eigenvalue weighted by Gasteiger charge is -2.23. The Morgan fingerprint density at radius 1 is 0.862 bits per heavy atom. The summed E-state index contributed by atoms with van der Waals surface area (Å²) in [4.78, 5) is 14.4. The summed E-state index contributed by atoms with van der Waals surface area (Å²) in [6, 6.07) is 24.5. The summed E-state index contributed by atoms with van der Waals surface area (Å²) in [6.45, 7) is 0. The van der Waals surface area contributed by atoms with Crippen molar-refractivity contribution >= 4 is 27.5 Å². The molecule has 0 saturated carbocycles. The Labute approximate surface area is 169 Å². The molecular formula is C23H19NO4S. The molecule has 146 valence electrons. The Morgan fingerprint density at radius 2 is 1.45 bits per heavy atom. The molecule has 0 radical (unpaired) electrons. The monoisotopic (exact) mass is 405 g/mol. The Morgan fingerprint density at radius 3 is 2.03 bits per heavy atom. The molecule has 1 heterocycles. The van der Waals surface area contributed by atoms with Crippen LogP contribution in [0.15, 0.2) is 89.8 Å². The van der Waals surface area contributed by atoms with Crippen LogP contribution in [0.2, 0.25) is 0 Å². The molecule has 3 aromatic rings. The van der Waals surface area contributed by atoms with Crippen LogP contribution in [0.4, 0.5) is 5.69 Å². The first kappa shape index (κ1) is 19.0. The normalized spacial score (nSPS) is 19.5. The number of benzene rings is 3. The van der Waals surface area contributed by atoms with Crippen molar-refractivity contribution in [3.8, 4) is 5.75 Å². The largest absolute Gasteiger partial charge is 0.497 e. The topological polar surface area (TPSA) is 63.7 Å². The van der Waals surface area contributed by atoms with Crippen LogP contribution < -0.4 is 9.64 Å². The Kier molecular flexibility index (Phi) is 4.94. The summed E-state index contributed by atoms with van der Waals surface area (Å²) < 4.78 is 32.1. The summed E-state index contributed by atoms with van der Waals surface area (Å²) in [5.41, 5.74) is 1.69. The van der Waals surface area contributed by atoms with Gasteiger partial charge in [-0.2, -0.15) is 0 Å². The highest BCUT2D eigenvalue weighted by Crippen LogP contribution is 2.43. The van der Waals surface area contributed by atoms with Gasteiger partial charge >= 0.3 is 0 Å². The van der Waals surface area contributed by atoms with Gasteiger partial charge in [0.2, 0.25) is 9.84 Å². The lowest BCUT2D eigenvalue weighted by molar-refractivity contribution is -0.114. The van der Waals surface area contributed by atoms with Crippen molar-refractivity contribution in [2.75, 3.05) is 12.0 Å². The van der Waals surface area contributed by atoms with Crippen LogP contribution in [-0.4, -0.2) is 21.4 Å². The van der Waals surface area contributed by atoms with E-state index >= 15 is 0 Å². The molecule has 1 fully saturated rings. The molecule has 0 unspecified atom stereocenters. The number of rotatable bonds is 4. The van der Waals surface area contributed by atoms with Gasteiger partial charge in [0.15, 0.2) is 5.37 Å². The maximum Gasteiger partial charge on any atom is 0.271 e.